The van der Waals surface area contributed by atoms with E-state index in [1.54, 1.807) is 5.01 Å². The largest absolute Gasteiger partial charge is 0.294 e. The van der Waals surface area contributed by atoms with Gasteiger partial charge in [0.1, 0.15) is 4.62 Å². The van der Waals surface area contributed by atoms with Crippen molar-refractivity contribution in [3.05, 3.63) is 6.54 Å². The van der Waals surface area contributed by atoms with E-state index in [1.165, 1.54) is 0 Å². The van der Waals surface area contributed by atoms with E-state index < -0.39 is 0 Å². The van der Waals surface area contributed by atoms with Gasteiger partial charge in [0, 0.05) is 13.5 Å². The van der Waals surface area contributed by atoms with Crippen LogP contribution in [0.3, 0.4) is 0 Å². The molecule has 0 N–H and O–H groups in total. The van der Waals surface area contributed by atoms with Gasteiger partial charge in [0.25, 0.3) is 0 Å². The van der Waals surface area contributed by atoms with Crippen LogP contribution >= 0.6 is 15.9 Å². The Morgan fingerprint density at radius 1 is 2.00 bits per heavy atom. The molecule has 1 radical (unpaired) electrons. The lowest BCUT2D eigenvalue weighted by atomic mass is 10.5. The molecule has 0 aromatic heterocycles. The molecular formula is C4H6BrN2. The highest BCUT2D eigenvalue weighted by Crippen LogP contribution is 2.10. The summed E-state index contributed by atoms with van der Waals surface area (Å²) in [5.74, 6) is 0. The Kier molecular flexibility index (Phi) is 1.32. The van der Waals surface area contributed by atoms with E-state index in [4.69, 9.17) is 0 Å². The Hall–Kier alpha value is -0.0500. The van der Waals surface area contributed by atoms with Gasteiger partial charge in [-0.15, -0.1) is 0 Å². The minimum absolute atomic E-state index is 0.941. The third kappa shape index (κ3) is 1.16. The first-order chi connectivity index (χ1) is 3.29. The summed E-state index contributed by atoms with van der Waals surface area (Å²) in [6.07, 6.45) is 0.941. The molecule has 0 unspecified atom stereocenters. The molecule has 0 fully saturated rings. The fraction of sp³-hybridized carbons (Fsp3) is 0.500. The molecule has 2 nitrogen and oxygen atoms in total. The van der Waals surface area contributed by atoms with E-state index in [9.17, 15) is 0 Å². The predicted molar refractivity (Wildman–Crippen MR) is 33.0 cm³/mol. The number of halogens is 1. The van der Waals surface area contributed by atoms with E-state index in [0.717, 1.165) is 11.0 Å². The molecule has 1 aliphatic heterocycles. The van der Waals surface area contributed by atoms with Crippen LogP contribution in [0.2, 0.25) is 0 Å². The van der Waals surface area contributed by atoms with Gasteiger partial charge in [0.2, 0.25) is 0 Å². The Morgan fingerprint density at radius 2 is 2.71 bits per heavy atom. The summed E-state index contributed by atoms with van der Waals surface area (Å²) in [7, 11) is 1.91. The minimum Gasteiger partial charge on any atom is -0.294 e. The Balaban J connectivity index is 2.50. The van der Waals surface area contributed by atoms with Crippen LogP contribution in [0, 0.1) is 6.54 Å². The van der Waals surface area contributed by atoms with Gasteiger partial charge in [0.15, 0.2) is 0 Å². The number of hydrogen-bond acceptors (Lipinski definition) is 2. The van der Waals surface area contributed by atoms with Crippen LogP contribution in [0.15, 0.2) is 5.10 Å². The lowest BCUT2D eigenvalue weighted by molar-refractivity contribution is 0.456. The van der Waals surface area contributed by atoms with Gasteiger partial charge in [-0.3, -0.25) is 5.01 Å². The SMILES string of the molecule is CN1[CH]CC(Br)=N1. The number of hydrogen-bond donors (Lipinski definition) is 0. The summed E-state index contributed by atoms with van der Waals surface area (Å²) in [5, 5.41) is 5.80. The molecule has 0 spiro atoms. The van der Waals surface area contributed by atoms with Crippen LogP contribution in [-0.4, -0.2) is 16.7 Å². The van der Waals surface area contributed by atoms with E-state index in [0.29, 0.717) is 0 Å². The smallest absolute Gasteiger partial charge is 0.105 e. The summed E-state index contributed by atoms with van der Waals surface area (Å²) >= 11 is 3.26. The maximum atomic E-state index is 4.00. The second-order valence-corrected chi connectivity index (χ2v) is 2.35. The van der Waals surface area contributed by atoms with Crippen molar-refractivity contribution in [1.82, 2.24) is 5.01 Å². The Morgan fingerprint density at radius 3 is 2.86 bits per heavy atom. The molecule has 0 saturated carbocycles. The second-order valence-electron chi connectivity index (χ2n) is 1.44. The normalized spacial score (nSPS) is 20.3. The van der Waals surface area contributed by atoms with Crippen LogP contribution in [0.4, 0.5) is 0 Å². The van der Waals surface area contributed by atoms with Crippen LogP contribution in [0.1, 0.15) is 6.42 Å². The first-order valence-electron chi connectivity index (χ1n) is 2.08. The predicted octanol–water partition coefficient (Wildman–Crippen LogP) is 1.19. The maximum absolute atomic E-state index is 4.00. The monoisotopic (exact) mass is 161 g/mol. The molecule has 1 aliphatic rings. The van der Waals surface area contributed by atoms with Gasteiger partial charge in [-0.05, 0) is 15.9 Å². The zero-order chi connectivity index (χ0) is 5.28. The zero-order valence-electron chi connectivity index (χ0n) is 4.06. The van der Waals surface area contributed by atoms with Crippen LogP contribution in [0.25, 0.3) is 0 Å². The van der Waals surface area contributed by atoms with Gasteiger partial charge in [-0.1, -0.05) is 0 Å². The van der Waals surface area contributed by atoms with E-state index in [1.807, 2.05) is 13.6 Å². The van der Waals surface area contributed by atoms with E-state index >= 15 is 0 Å². The minimum atomic E-state index is 0.941. The first-order valence-corrected chi connectivity index (χ1v) is 2.87. The summed E-state index contributed by atoms with van der Waals surface area (Å²) in [6, 6.07) is 0. The van der Waals surface area contributed by atoms with Crippen LogP contribution in [-0.2, 0) is 0 Å². The van der Waals surface area contributed by atoms with Crippen LogP contribution in [0.5, 0.6) is 0 Å². The van der Waals surface area contributed by atoms with Crippen LogP contribution < -0.4 is 0 Å². The molecule has 0 saturated heterocycles. The van der Waals surface area contributed by atoms with Gasteiger partial charge in [0.05, 0.1) is 6.54 Å². The van der Waals surface area contributed by atoms with Crippen molar-refractivity contribution in [2.45, 2.75) is 6.42 Å². The molecule has 1 heterocycles. The first kappa shape index (κ1) is 5.09. The third-order valence-corrected chi connectivity index (χ3v) is 1.27. The Bertz CT molecular complexity index is 99.9. The molecule has 0 aromatic carbocycles. The van der Waals surface area contributed by atoms with Gasteiger partial charge in [-0.25, -0.2) is 0 Å². The quantitative estimate of drug-likeness (QED) is 0.522. The molecule has 0 atom stereocenters. The molecule has 1 rings (SSSR count). The topological polar surface area (TPSA) is 15.6 Å². The molecule has 0 aliphatic carbocycles. The van der Waals surface area contributed by atoms with Crippen molar-refractivity contribution in [3.8, 4) is 0 Å². The van der Waals surface area contributed by atoms with Crippen molar-refractivity contribution in [2.24, 2.45) is 5.10 Å². The van der Waals surface area contributed by atoms with Crippen molar-refractivity contribution in [1.29, 1.82) is 0 Å². The second kappa shape index (κ2) is 1.82. The molecule has 3 heteroatoms. The number of nitrogens with zero attached hydrogens (tertiary/aromatic N) is 2. The van der Waals surface area contributed by atoms with Crippen molar-refractivity contribution < 1.29 is 0 Å². The third-order valence-electron chi connectivity index (χ3n) is 0.790. The highest BCUT2D eigenvalue weighted by Gasteiger charge is 2.05. The van der Waals surface area contributed by atoms with Gasteiger partial charge in [-0.2, -0.15) is 5.10 Å². The summed E-state index contributed by atoms with van der Waals surface area (Å²) in [4.78, 5) is 0. The number of hydrazone groups is 1. The lowest BCUT2D eigenvalue weighted by Gasteiger charge is -1.99. The van der Waals surface area contributed by atoms with Gasteiger partial charge >= 0.3 is 0 Å². The average Bonchev–Trinajstić information content (AvgIpc) is 1.87. The molecule has 0 amide bonds. The van der Waals surface area contributed by atoms with Crippen molar-refractivity contribution in [2.75, 3.05) is 7.05 Å². The fourth-order valence-corrected chi connectivity index (χ4v) is 0.855. The lowest BCUT2D eigenvalue weighted by Crippen LogP contribution is -1.98. The molecular weight excluding hydrogens is 156 g/mol. The Labute approximate surface area is 51.3 Å². The standard InChI is InChI=1S/C4H6BrN2/c1-7-3-2-4(5)6-7/h3H,2H2,1H3. The molecule has 39 valence electrons. The molecule has 7 heavy (non-hydrogen) atoms. The van der Waals surface area contributed by atoms with Gasteiger partial charge < -0.3 is 0 Å². The molecule has 0 aromatic rings. The summed E-state index contributed by atoms with van der Waals surface area (Å²) < 4.78 is 1.01. The summed E-state index contributed by atoms with van der Waals surface area (Å²) in [5.41, 5.74) is 0. The van der Waals surface area contributed by atoms with Crippen molar-refractivity contribution >= 4 is 20.6 Å². The van der Waals surface area contributed by atoms with E-state index in [2.05, 4.69) is 21.0 Å². The van der Waals surface area contributed by atoms with E-state index in [-0.39, 0.29) is 0 Å². The highest BCUT2D eigenvalue weighted by atomic mass is 79.9. The summed E-state index contributed by atoms with van der Waals surface area (Å²) in [6.45, 7) is 2.00. The average molecular weight is 162 g/mol. The maximum Gasteiger partial charge on any atom is 0.105 e. The van der Waals surface area contributed by atoms with Crippen molar-refractivity contribution in [3.63, 3.8) is 0 Å². The molecule has 0 bridgehead atoms. The number of rotatable bonds is 0. The highest BCUT2D eigenvalue weighted by molar-refractivity contribution is 9.18. The fourth-order valence-electron chi connectivity index (χ4n) is 0.460. The zero-order valence-corrected chi connectivity index (χ0v) is 5.64.